The van der Waals surface area contributed by atoms with Gasteiger partial charge < -0.3 is 9.88 Å². The molecule has 2 rings (SSSR count). The van der Waals surface area contributed by atoms with Crippen LogP contribution in [0.1, 0.15) is 32.5 Å². The number of aryl methyl sites for hydroxylation is 1. The van der Waals surface area contributed by atoms with E-state index in [0.717, 1.165) is 18.9 Å². The summed E-state index contributed by atoms with van der Waals surface area (Å²) in [5, 5.41) is 3.53. The van der Waals surface area contributed by atoms with E-state index in [1.807, 2.05) is 12.4 Å². The molecule has 3 nitrogen and oxygen atoms in total. The van der Waals surface area contributed by atoms with Crippen molar-refractivity contribution < 1.29 is 0 Å². The van der Waals surface area contributed by atoms with Crippen LogP contribution in [0.2, 0.25) is 0 Å². The summed E-state index contributed by atoms with van der Waals surface area (Å²) < 4.78 is 2.18. The molecule has 1 aromatic rings. The van der Waals surface area contributed by atoms with Crippen molar-refractivity contribution in [3.8, 4) is 0 Å². The smallest absolute Gasteiger partial charge is 0.122 e. The third kappa shape index (κ3) is 1.91. The van der Waals surface area contributed by atoms with Crippen molar-refractivity contribution >= 4 is 0 Å². The van der Waals surface area contributed by atoms with Gasteiger partial charge in [0.1, 0.15) is 5.82 Å². The van der Waals surface area contributed by atoms with E-state index < -0.39 is 0 Å². The number of hydrogen-bond donors (Lipinski definition) is 1. The van der Waals surface area contributed by atoms with Gasteiger partial charge in [0.2, 0.25) is 0 Å². The molecule has 1 saturated carbocycles. The van der Waals surface area contributed by atoms with Crippen LogP contribution in [0.5, 0.6) is 0 Å². The Labute approximate surface area is 79.2 Å². The van der Waals surface area contributed by atoms with Crippen molar-refractivity contribution in [3.05, 3.63) is 18.2 Å². The van der Waals surface area contributed by atoms with E-state index in [4.69, 9.17) is 0 Å². The quantitative estimate of drug-likeness (QED) is 0.760. The average Bonchev–Trinajstić information content (AvgIpc) is 2.69. The van der Waals surface area contributed by atoms with E-state index >= 15 is 0 Å². The first kappa shape index (κ1) is 8.75. The highest BCUT2D eigenvalue weighted by Crippen LogP contribution is 2.34. The average molecular weight is 179 g/mol. The number of nitrogens with zero attached hydrogens (tertiary/aromatic N) is 2. The molecular formula is C10H17N3. The van der Waals surface area contributed by atoms with Crippen molar-refractivity contribution in [2.45, 2.75) is 45.3 Å². The van der Waals surface area contributed by atoms with Gasteiger partial charge in [-0.25, -0.2) is 4.98 Å². The van der Waals surface area contributed by atoms with Crippen LogP contribution < -0.4 is 5.32 Å². The lowest BCUT2D eigenvalue weighted by Crippen LogP contribution is -2.28. The Hall–Kier alpha value is -0.830. The Morgan fingerprint density at radius 2 is 2.38 bits per heavy atom. The summed E-state index contributed by atoms with van der Waals surface area (Å²) in [5.41, 5.74) is 0.407. The Morgan fingerprint density at radius 3 is 3.00 bits per heavy atom. The fourth-order valence-corrected chi connectivity index (χ4v) is 1.45. The van der Waals surface area contributed by atoms with Crippen LogP contribution in [-0.4, -0.2) is 15.1 Å². The van der Waals surface area contributed by atoms with E-state index in [1.54, 1.807) is 0 Å². The van der Waals surface area contributed by atoms with Gasteiger partial charge in [0, 0.05) is 24.5 Å². The Bertz CT molecular complexity index is 286. The van der Waals surface area contributed by atoms with Gasteiger partial charge in [0.25, 0.3) is 0 Å². The highest BCUT2D eigenvalue weighted by molar-refractivity contribution is 5.00. The molecule has 1 N–H and O–H groups in total. The molecule has 72 valence electrons. The Morgan fingerprint density at radius 1 is 1.62 bits per heavy atom. The van der Waals surface area contributed by atoms with Crippen LogP contribution >= 0.6 is 0 Å². The van der Waals surface area contributed by atoms with E-state index in [0.29, 0.717) is 5.54 Å². The van der Waals surface area contributed by atoms with Crippen molar-refractivity contribution in [1.29, 1.82) is 0 Å². The molecule has 0 radical (unpaired) electrons. The monoisotopic (exact) mass is 179 g/mol. The Balaban J connectivity index is 1.93. The molecule has 1 aromatic heterocycles. The van der Waals surface area contributed by atoms with Gasteiger partial charge in [-0.2, -0.15) is 0 Å². The molecule has 0 aromatic carbocycles. The third-order valence-corrected chi connectivity index (χ3v) is 2.82. The van der Waals surface area contributed by atoms with Gasteiger partial charge in [-0.15, -0.1) is 0 Å². The molecule has 1 heterocycles. The molecule has 1 aliphatic carbocycles. The summed E-state index contributed by atoms with van der Waals surface area (Å²) in [7, 11) is 0. The standard InChI is InChI=1S/C10H17N3/c1-3-13-7-6-11-9(13)8-12-10(2)4-5-10/h6-7,12H,3-5,8H2,1-2H3. The predicted octanol–water partition coefficient (Wildman–Crippen LogP) is 1.55. The van der Waals surface area contributed by atoms with Gasteiger partial charge in [-0.1, -0.05) is 0 Å². The molecule has 0 spiro atoms. The molecule has 0 unspecified atom stereocenters. The minimum absolute atomic E-state index is 0.407. The number of aromatic nitrogens is 2. The van der Waals surface area contributed by atoms with Crippen molar-refractivity contribution in [2.24, 2.45) is 0 Å². The summed E-state index contributed by atoms with van der Waals surface area (Å²) in [6, 6.07) is 0. The van der Waals surface area contributed by atoms with Crippen molar-refractivity contribution in [1.82, 2.24) is 14.9 Å². The number of hydrogen-bond acceptors (Lipinski definition) is 2. The van der Waals surface area contributed by atoms with E-state index in [-0.39, 0.29) is 0 Å². The van der Waals surface area contributed by atoms with E-state index in [2.05, 4.69) is 28.7 Å². The first-order valence-electron chi connectivity index (χ1n) is 4.98. The molecule has 13 heavy (non-hydrogen) atoms. The molecule has 0 bridgehead atoms. The number of imidazole rings is 1. The lowest BCUT2D eigenvalue weighted by atomic mass is 10.3. The maximum atomic E-state index is 4.32. The number of rotatable bonds is 4. The van der Waals surface area contributed by atoms with Gasteiger partial charge in [0.15, 0.2) is 0 Å². The maximum absolute atomic E-state index is 4.32. The van der Waals surface area contributed by atoms with Crippen LogP contribution in [0.3, 0.4) is 0 Å². The predicted molar refractivity (Wildman–Crippen MR) is 52.4 cm³/mol. The van der Waals surface area contributed by atoms with Gasteiger partial charge in [0.05, 0.1) is 6.54 Å². The molecule has 0 saturated heterocycles. The summed E-state index contributed by atoms with van der Waals surface area (Å²) in [6.45, 7) is 6.32. The Kier molecular flexibility index (Phi) is 2.12. The summed E-state index contributed by atoms with van der Waals surface area (Å²) >= 11 is 0. The van der Waals surface area contributed by atoms with Gasteiger partial charge in [-0.3, -0.25) is 0 Å². The topological polar surface area (TPSA) is 29.9 Å². The normalized spacial score (nSPS) is 18.9. The summed E-state index contributed by atoms with van der Waals surface area (Å²) in [6.07, 6.45) is 6.52. The highest BCUT2D eigenvalue weighted by atomic mass is 15.1. The number of nitrogens with one attached hydrogen (secondary N) is 1. The maximum Gasteiger partial charge on any atom is 0.122 e. The molecule has 1 aliphatic rings. The van der Waals surface area contributed by atoms with Crippen LogP contribution in [0, 0.1) is 0 Å². The minimum atomic E-state index is 0.407. The second-order valence-electron chi connectivity index (χ2n) is 4.04. The zero-order chi connectivity index (χ0) is 9.31. The van der Waals surface area contributed by atoms with Crippen LogP contribution in [0.25, 0.3) is 0 Å². The van der Waals surface area contributed by atoms with Crippen molar-refractivity contribution in [3.63, 3.8) is 0 Å². The highest BCUT2D eigenvalue weighted by Gasteiger charge is 2.36. The molecule has 0 atom stereocenters. The summed E-state index contributed by atoms with van der Waals surface area (Å²) in [4.78, 5) is 4.32. The summed E-state index contributed by atoms with van der Waals surface area (Å²) in [5.74, 6) is 1.15. The van der Waals surface area contributed by atoms with Gasteiger partial charge >= 0.3 is 0 Å². The van der Waals surface area contributed by atoms with Crippen LogP contribution in [0.15, 0.2) is 12.4 Å². The van der Waals surface area contributed by atoms with E-state index in [1.165, 1.54) is 12.8 Å². The fraction of sp³-hybridized carbons (Fsp3) is 0.700. The lowest BCUT2D eigenvalue weighted by Gasteiger charge is -2.11. The molecule has 1 fully saturated rings. The SMILES string of the molecule is CCn1ccnc1CNC1(C)CC1. The minimum Gasteiger partial charge on any atom is -0.334 e. The second-order valence-corrected chi connectivity index (χ2v) is 4.04. The third-order valence-electron chi connectivity index (χ3n) is 2.82. The molecule has 0 aliphatic heterocycles. The molecule has 3 heteroatoms. The van der Waals surface area contributed by atoms with E-state index in [9.17, 15) is 0 Å². The first-order valence-corrected chi connectivity index (χ1v) is 4.98. The largest absolute Gasteiger partial charge is 0.334 e. The molecule has 0 amide bonds. The van der Waals surface area contributed by atoms with Crippen LogP contribution in [-0.2, 0) is 13.1 Å². The first-order chi connectivity index (χ1) is 6.23. The van der Waals surface area contributed by atoms with Gasteiger partial charge in [-0.05, 0) is 26.7 Å². The lowest BCUT2D eigenvalue weighted by molar-refractivity contribution is 0.511. The van der Waals surface area contributed by atoms with Crippen LogP contribution in [0.4, 0.5) is 0 Å². The zero-order valence-corrected chi connectivity index (χ0v) is 8.38. The fourth-order valence-electron chi connectivity index (χ4n) is 1.45. The zero-order valence-electron chi connectivity index (χ0n) is 8.38. The second kappa shape index (κ2) is 3.14. The van der Waals surface area contributed by atoms with Crippen molar-refractivity contribution in [2.75, 3.05) is 0 Å². The molecular weight excluding hydrogens is 162 g/mol.